The summed E-state index contributed by atoms with van der Waals surface area (Å²) in [6.45, 7) is 2.43. The van der Waals surface area contributed by atoms with Crippen LogP contribution in [0.4, 0.5) is 10.1 Å². The van der Waals surface area contributed by atoms with Crippen molar-refractivity contribution in [3.8, 4) is 0 Å². The summed E-state index contributed by atoms with van der Waals surface area (Å²) < 4.78 is 14.9. The van der Waals surface area contributed by atoms with Crippen LogP contribution in [-0.4, -0.2) is 32.2 Å². The van der Waals surface area contributed by atoms with Gasteiger partial charge < -0.3 is 10.6 Å². The number of carbonyl (C=O) groups excluding carboxylic acids is 2. The molecule has 7 nitrogen and oxygen atoms in total. The Balaban J connectivity index is 1.40. The Labute approximate surface area is 188 Å². The van der Waals surface area contributed by atoms with E-state index in [9.17, 15) is 14.0 Å². The molecule has 0 unspecified atom stereocenters. The number of pyridine rings is 1. The molecule has 0 radical (unpaired) electrons. The van der Waals surface area contributed by atoms with Crippen LogP contribution in [-0.2, 0) is 11.3 Å². The van der Waals surface area contributed by atoms with Crippen molar-refractivity contribution in [3.05, 3.63) is 89.4 Å². The van der Waals surface area contributed by atoms with E-state index in [-0.39, 0.29) is 17.6 Å². The van der Waals surface area contributed by atoms with Gasteiger partial charge in [0.05, 0.1) is 11.3 Å². The Morgan fingerprint density at radius 3 is 2.66 bits per heavy atom. The van der Waals surface area contributed by atoms with Crippen molar-refractivity contribution in [2.75, 3.05) is 11.1 Å². The Morgan fingerprint density at radius 1 is 1.06 bits per heavy atom. The van der Waals surface area contributed by atoms with Gasteiger partial charge in [0.2, 0.25) is 5.91 Å². The van der Waals surface area contributed by atoms with Crippen LogP contribution in [0.3, 0.4) is 0 Å². The van der Waals surface area contributed by atoms with Gasteiger partial charge in [-0.05, 0) is 42.8 Å². The number of fused-ring (bicyclic) bond motifs is 1. The summed E-state index contributed by atoms with van der Waals surface area (Å²) >= 11 is 1.17. The van der Waals surface area contributed by atoms with Crippen molar-refractivity contribution in [2.45, 2.75) is 18.6 Å². The van der Waals surface area contributed by atoms with Crippen LogP contribution in [0.1, 0.15) is 21.5 Å². The molecule has 0 aliphatic rings. The standard InChI is InChI=1S/C23H20FN5O2S/c1-15-5-7-16(8-6-15)12-25-22(31)17-9-10-20-27-28-23(29(20)13-17)32-14-21(30)26-19-4-2-3-18(24)11-19/h2-11,13H,12,14H2,1H3,(H,25,31)(H,26,30). The zero-order chi connectivity index (χ0) is 22.5. The first-order valence-electron chi connectivity index (χ1n) is 9.85. The number of halogens is 1. The first kappa shape index (κ1) is 21.5. The molecule has 2 aromatic heterocycles. The second-order valence-electron chi connectivity index (χ2n) is 7.14. The van der Waals surface area contributed by atoms with Gasteiger partial charge in [0, 0.05) is 18.4 Å². The number of carbonyl (C=O) groups is 2. The smallest absolute Gasteiger partial charge is 0.253 e. The number of aryl methyl sites for hydroxylation is 1. The highest BCUT2D eigenvalue weighted by Crippen LogP contribution is 2.19. The largest absolute Gasteiger partial charge is 0.348 e. The van der Waals surface area contributed by atoms with Crippen molar-refractivity contribution in [2.24, 2.45) is 0 Å². The maximum Gasteiger partial charge on any atom is 0.253 e. The number of amides is 2. The van der Waals surface area contributed by atoms with Gasteiger partial charge >= 0.3 is 0 Å². The minimum absolute atomic E-state index is 0.0567. The normalized spacial score (nSPS) is 10.8. The van der Waals surface area contributed by atoms with Crippen LogP contribution >= 0.6 is 11.8 Å². The maximum atomic E-state index is 13.3. The van der Waals surface area contributed by atoms with Crippen LogP contribution < -0.4 is 10.6 Å². The Bertz CT molecular complexity index is 1270. The Kier molecular flexibility index (Phi) is 6.46. The third kappa shape index (κ3) is 5.30. The SMILES string of the molecule is Cc1ccc(CNC(=O)c2ccc3nnc(SCC(=O)Nc4cccc(F)c4)n3c2)cc1. The second kappa shape index (κ2) is 9.61. The number of nitrogens with zero attached hydrogens (tertiary/aromatic N) is 3. The van der Waals surface area contributed by atoms with Crippen LogP contribution in [0.2, 0.25) is 0 Å². The fourth-order valence-corrected chi connectivity index (χ4v) is 3.70. The Morgan fingerprint density at radius 2 is 1.88 bits per heavy atom. The minimum atomic E-state index is -0.424. The van der Waals surface area contributed by atoms with Gasteiger partial charge in [-0.25, -0.2) is 4.39 Å². The van der Waals surface area contributed by atoms with Gasteiger partial charge in [0.15, 0.2) is 10.8 Å². The molecule has 0 saturated carbocycles. The fraction of sp³-hybridized carbons (Fsp3) is 0.130. The molecule has 0 aliphatic heterocycles. The molecular weight excluding hydrogens is 429 g/mol. The predicted molar refractivity (Wildman–Crippen MR) is 121 cm³/mol. The van der Waals surface area contributed by atoms with E-state index in [2.05, 4.69) is 20.8 Å². The summed E-state index contributed by atoms with van der Waals surface area (Å²) in [6, 6.07) is 17.0. The molecule has 32 heavy (non-hydrogen) atoms. The van der Waals surface area contributed by atoms with Crippen molar-refractivity contribution in [3.63, 3.8) is 0 Å². The summed E-state index contributed by atoms with van der Waals surface area (Å²) in [5.74, 6) is -0.890. The van der Waals surface area contributed by atoms with Gasteiger partial charge in [-0.3, -0.25) is 14.0 Å². The quantitative estimate of drug-likeness (QED) is 0.419. The van der Waals surface area contributed by atoms with Crippen molar-refractivity contribution in [1.82, 2.24) is 19.9 Å². The van der Waals surface area contributed by atoms with E-state index in [0.29, 0.717) is 28.6 Å². The molecule has 2 heterocycles. The first-order chi connectivity index (χ1) is 15.5. The van der Waals surface area contributed by atoms with Crippen molar-refractivity contribution in [1.29, 1.82) is 0 Å². The Hall–Kier alpha value is -3.72. The fourth-order valence-electron chi connectivity index (χ4n) is 2.99. The third-order valence-corrected chi connectivity index (χ3v) is 5.59. The minimum Gasteiger partial charge on any atom is -0.348 e. The number of hydrogen-bond donors (Lipinski definition) is 2. The predicted octanol–water partition coefficient (Wildman–Crippen LogP) is 3.84. The van der Waals surface area contributed by atoms with Gasteiger partial charge in [-0.15, -0.1) is 10.2 Å². The summed E-state index contributed by atoms with van der Waals surface area (Å²) in [4.78, 5) is 24.8. The maximum absolute atomic E-state index is 13.3. The molecule has 4 rings (SSSR count). The van der Waals surface area contributed by atoms with Gasteiger partial charge in [0.25, 0.3) is 5.91 Å². The molecule has 2 amide bonds. The molecule has 4 aromatic rings. The second-order valence-corrected chi connectivity index (χ2v) is 8.09. The number of rotatable bonds is 7. The molecule has 0 aliphatic carbocycles. The molecule has 0 fully saturated rings. The molecule has 0 atom stereocenters. The van der Waals surface area contributed by atoms with E-state index in [0.717, 1.165) is 11.1 Å². The third-order valence-electron chi connectivity index (χ3n) is 4.65. The zero-order valence-corrected chi connectivity index (χ0v) is 18.0. The van der Waals surface area contributed by atoms with Crippen LogP contribution in [0.5, 0.6) is 0 Å². The number of benzene rings is 2. The molecule has 162 valence electrons. The molecule has 2 aromatic carbocycles. The van der Waals surface area contributed by atoms with Crippen molar-refractivity contribution < 1.29 is 14.0 Å². The van der Waals surface area contributed by atoms with Gasteiger partial charge in [-0.2, -0.15) is 0 Å². The lowest BCUT2D eigenvalue weighted by Crippen LogP contribution is -2.23. The van der Waals surface area contributed by atoms with E-state index >= 15 is 0 Å². The zero-order valence-electron chi connectivity index (χ0n) is 17.2. The molecule has 0 saturated heterocycles. The number of aromatic nitrogens is 3. The van der Waals surface area contributed by atoms with E-state index < -0.39 is 5.82 Å². The average Bonchev–Trinajstić information content (AvgIpc) is 3.19. The molecule has 9 heteroatoms. The summed E-state index contributed by atoms with van der Waals surface area (Å²) in [5, 5.41) is 14.2. The lowest BCUT2D eigenvalue weighted by atomic mass is 10.1. The topological polar surface area (TPSA) is 88.4 Å². The number of nitrogens with one attached hydrogen (secondary N) is 2. The molecule has 2 N–H and O–H groups in total. The van der Waals surface area contributed by atoms with Crippen LogP contribution in [0.25, 0.3) is 5.65 Å². The highest BCUT2D eigenvalue weighted by molar-refractivity contribution is 7.99. The van der Waals surface area contributed by atoms with E-state index in [1.807, 2.05) is 31.2 Å². The van der Waals surface area contributed by atoms with Crippen LogP contribution in [0, 0.1) is 12.7 Å². The number of thioether (sulfide) groups is 1. The van der Waals surface area contributed by atoms with Crippen LogP contribution in [0.15, 0.2) is 72.0 Å². The first-order valence-corrected chi connectivity index (χ1v) is 10.8. The van der Waals surface area contributed by atoms with Crippen molar-refractivity contribution >= 4 is 34.9 Å². The van der Waals surface area contributed by atoms with E-state index in [1.54, 1.807) is 28.8 Å². The highest BCUT2D eigenvalue weighted by atomic mass is 32.2. The van der Waals surface area contributed by atoms with Gasteiger partial charge in [0.1, 0.15) is 5.82 Å². The monoisotopic (exact) mass is 449 g/mol. The average molecular weight is 450 g/mol. The number of anilines is 1. The molecule has 0 bridgehead atoms. The lowest BCUT2D eigenvalue weighted by molar-refractivity contribution is -0.113. The summed E-state index contributed by atoms with van der Waals surface area (Å²) in [5.41, 5.74) is 3.57. The van der Waals surface area contributed by atoms with Gasteiger partial charge in [-0.1, -0.05) is 47.7 Å². The lowest BCUT2D eigenvalue weighted by Gasteiger charge is -2.07. The molecule has 0 spiro atoms. The molecular formula is C23H20FN5O2S. The summed E-state index contributed by atoms with van der Waals surface area (Å²) in [6.07, 6.45) is 1.65. The number of hydrogen-bond acceptors (Lipinski definition) is 5. The summed E-state index contributed by atoms with van der Waals surface area (Å²) in [7, 11) is 0. The van der Waals surface area contributed by atoms with E-state index in [4.69, 9.17) is 0 Å². The highest BCUT2D eigenvalue weighted by Gasteiger charge is 2.13. The van der Waals surface area contributed by atoms with E-state index in [1.165, 1.54) is 30.0 Å².